The van der Waals surface area contributed by atoms with Crippen LogP contribution >= 0.6 is 0 Å². The second-order valence-electron chi connectivity index (χ2n) is 4.59. The zero-order chi connectivity index (χ0) is 11.3. The minimum atomic E-state index is 0.0467. The Kier molecular flexibility index (Phi) is 4.88. The molecule has 1 aliphatic rings. The van der Waals surface area contributed by atoms with E-state index in [0.29, 0.717) is 12.5 Å². The Balaban J connectivity index is 2.31. The van der Waals surface area contributed by atoms with Crippen molar-refractivity contribution >= 4 is 6.03 Å². The molecular formula is C11H23N3O. The summed E-state index contributed by atoms with van der Waals surface area (Å²) in [5, 5.41) is 2.93. The van der Waals surface area contributed by atoms with Gasteiger partial charge in [0.05, 0.1) is 0 Å². The summed E-state index contributed by atoms with van der Waals surface area (Å²) in [6.45, 7) is 6.57. The van der Waals surface area contributed by atoms with Crippen molar-refractivity contribution in [3.63, 3.8) is 0 Å². The van der Waals surface area contributed by atoms with Gasteiger partial charge in [-0.25, -0.2) is 4.79 Å². The summed E-state index contributed by atoms with van der Waals surface area (Å²) in [5.74, 6) is 0.519. The SMILES string of the molecule is CCCCNC(=O)N1CC(C)CC(N)C1. The number of piperidine rings is 1. The molecule has 0 aromatic heterocycles. The topological polar surface area (TPSA) is 58.4 Å². The van der Waals surface area contributed by atoms with Crippen molar-refractivity contribution in [3.05, 3.63) is 0 Å². The number of amides is 2. The number of unbranched alkanes of at least 4 members (excludes halogenated alkanes) is 1. The van der Waals surface area contributed by atoms with Crippen LogP contribution < -0.4 is 11.1 Å². The summed E-state index contributed by atoms with van der Waals surface area (Å²) in [7, 11) is 0. The molecule has 4 nitrogen and oxygen atoms in total. The highest BCUT2D eigenvalue weighted by molar-refractivity contribution is 5.74. The average Bonchev–Trinajstić information content (AvgIpc) is 2.16. The lowest BCUT2D eigenvalue weighted by atomic mass is 9.97. The largest absolute Gasteiger partial charge is 0.338 e. The van der Waals surface area contributed by atoms with Crippen LogP contribution in [0.5, 0.6) is 0 Å². The van der Waals surface area contributed by atoms with Gasteiger partial charge in [0.15, 0.2) is 0 Å². The molecule has 88 valence electrons. The second kappa shape index (κ2) is 5.95. The number of nitrogens with zero attached hydrogens (tertiary/aromatic N) is 1. The van der Waals surface area contributed by atoms with Gasteiger partial charge in [0.1, 0.15) is 0 Å². The Bertz CT molecular complexity index is 198. The molecule has 1 heterocycles. The van der Waals surface area contributed by atoms with Gasteiger partial charge in [-0.15, -0.1) is 0 Å². The summed E-state index contributed by atoms with van der Waals surface area (Å²) < 4.78 is 0. The van der Waals surface area contributed by atoms with Crippen molar-refractivity contribution in [3.8, 4) is 0 Å². The van der Waals surface area contributed by atoms with Crippen LogP contribution in [-0.2, 0) is 0 Å². The minimum Gasteiger partial charge on any atom is -0.338 e. The quantitative estimate of drug-likeness (QED) is 0.691. The van der Waals surface area contributed by atoms with Crippen LogP contribution in [0.3, 0.4) is 0 Å². The summed E-state index contributed by atoms with van der Waals surface area (Å²) >= 11 is 0. The Labute approximate surface area is 92.2 Å². The second-order valence-corrected chi connectivity index (χ2v) is 4.59. The monoisotopic (exact) mass is 213 g/mol. The molecule has 1 saturated heterocycles. The van der Waals surface area contributed by atoms with E-state index in [1.54, 1.807) is 0 Å². The zero-order valence-electron chi connectivity index (χ0n) is 9.83. The van der Waals surface area contributed by atoms with Crippen LogP contribution in [0.1, 0.15) is 33.1 Å². The maximum absolute atomic E-state index is 11.7. The van der Waals surface area contributed by atoms with Crippen LogP contribution in [0, 0.1) is 5.92 Å². The molecule has 15 heavy (non-hydrogen) atoms. The molecule has 0 bridgehead atoms. The van der Waals surface area contributed by atoms with E-state index in [2.05, 4.69) is 19.2 Å². The molecule has 0 saturated carbocycles. The smallest absolute Gasteiger partial charge is 0.317 e. The highest BCUT2D eigenvalue weighted by Gasteiger charge is 2.25. The van der Waals surface area contributed by atoms with Crippen molar-refractivity contribution in [2.24, 2.45) is 11.7 Å². The van der Waals surface area contributed by atoms with E-state index in [9.17, 15) is 4.79 Å². The van der Waals surface area contributed by atoms with Crippen molar-refractivity contribution in [2.75, 3.05) is 19.6 Å². The first-order chi connectivity index (χ1) is 7.13. The third-order valence-electron chi connectivity index (χ3n) is 2.79. The molecule has 0 aromatic carbocycles. The van der Waals surface area contributed by atoms with E-state index in [4.69, 9.17) is 5.73 Å². The van der Waals surface area contributed by atoms with Gasteiger partial charge in [-0.2, -0.15) is 0 Å². The third kappa shape index (κ3) is 4.08. The molecular weight excluding hydrogens is 190 g/mol. The van der Waals surface area contributed by atoms with Gasteiger partial charge in [-0.3, -0.25) is 0 Å². The van der Waals surface area contributed by atoms with Crippen molar-refractivity contribution in [1.82, 2.24) is 10.2 Å². The Hall–Kier alpha value is -0.770. The molecule has 1 aliphatic heterocycles. The maximum atomic E-state index is 11.7. The number of rotatable bonds is 3. The number of likely N-dealkylation sites (tertiary alicyclic amines) is 1. The van der Waals surface area contributed by atoms with Crippen LogP contribution in [0.4, 0.5) is 4.79 Å². The summed E-state index contributed by atoms with van der Waals surface area (Å²) in [6.07, 6.45) is 3.18. The third-order valence-corrected chi connectivity index (χ3v) is 2.79. The fraction of sp³-hybridized carbons (Fsp3) is 0.909. The molecule has 2 unspecified atom stereocenters. The predicted octanol–water partition coefficient (Wildman–Crippen LogP) is 1.17. The highest BCUT2D eigenvalue weighted by Crippen LogP contribution is 2.14. The number of carbonyl (C=O) groups excluding carboxylic acids is 1. The summed E-state index contributed by atoms with van der Waals surface area (Å²) in [5.41, 5.74) is 5.89. The first-order valence-corrected chi connectivity index (χ1v) is 5.91. The lowest BCUT2D eigenvalue weighted by Crippen LogP contribution is -2.52. The van der Waals surface area contributed by atoms with E-state index >= 15 is 0 Å². The molecule has 3 N–H and O–H groups in total. The Morgan fingerprint density at radius 2 is 2.27 bits per heavy atom. The predicted molar refractivity (Wildman–Crippen MR) is 61.6 cm³/mol. The van der Waals surface area contributed by atoms with Crippen LogP contribution in [-0.4, -0.2) is 36.6 Å². The van der Waals surface area contributed by atoms with Crippen molar-refractivity contribution in [2.45, 2.75) is 39.2 Å². The summed E-state index contributed by atoms with van der Waals surface area (Å²) in [4.78, 5) is 13.6. The molecule has 1 rings (SSSR count). The molecule has 4 heteroatoms. The van der Waals surface area contributed by atoms with Crippen LogP contribution in [0.25, 0.3) is 0 Å². The number of urea groups is 1. The molecule has 0 radical (unpaired) electrons. The molecule has 0 aliphatic carbocycles. The van der Waals surface area contributed by atoms with E-state index in [-0.39, 0.29) is 12.1 Å². The van der Waals surface area contributed by atoms with Gasteiger partial charge in [0.2, 0.25) is 0 Å². The number of hydrogen-bond donors (Lipinski definition) is 2. The molecule has 0 aromatic rings. The first kappa shape index (κ1) is 12.3. The van der Waals surface area contributed by atoms with Crippen LogP contribution in [0.2, 0.25) is 0 Å². The summed E-state index contributed by atoms with van der Waals surface area (Å²) in [6, 6.07) is 0.191. The van der Waals surface area contributed by atoms with E-state index < -0.39 is 0 Å². The fourth-order valence-electron chi connectivity index (χ4n) is 2.05. The molecule has 1 fully saturated rings. The lowest BCUT2D eigenvalue weighted by molar-refractivity contribution is 0.160. The van der Waals surface area contributed by atoms with Gasteiger partial charge < -0.3 is 16.0 Å². The van der Waals surface area contributed by atoms with Gasteiger partial charge in [-0.05, 0) is 18.8 Å². The van der Waals surface area contributed by atoms with E-state index in [1.807, 2.05) is 4.90 Å². The number of carbonyl (C=O) groups is 1. The van der Waals surface area contributed by atoms with Crippen LogP contribution in [0.15, 0.2) is 0 Å². The Morgan fingerprint density at radius 1 is 1.53 bits per heavy atom. The standard InChI is InChI=1S/C11H23N3O/c1-3-4-5-13-11(15)14-7-9(2)6-10(12)8-14/h9-10H,3-8,12H2,1-2H3,(H,13,15). The normalized spacial score (nSPS) is 26.5. The molecule has 2 amide bonds. The van der Waals surface area contributed by atoms with Gasteiger partial charge >= 0.3 is 6.03 Å². The minimum absolute atomic E-state index is 0.0467. The van der Waals surface area contributed by atoms with Crippen molar-refractivity contribution in [1.29, 1.82) is 0 Å². The molecule has 2 atom stereocenters. The first-order valence-electron chi connectivity index (χ1n) is 5.91. The zero-order valence-corrected chi connectivity index (χ0v) is 9.83. The molecule has 0 spiro atoms. The number of hydrogen-bond acceptors (Lipinski definition) is 2. The number of nitrogens with one attached hydrogen (secondary N) is 1. The highest BCUT2D eigenvalue weighted by atomic mass is 16.2. The fourth-order valence-corrected chi connectivity index (χ4v) is 2.05. The Morgan fingerprint density at radius 3 is 2.87 bits per heavy atom. The lowest BCUT2D eigenvalue weighted by Gasteiger charge is -2.34. The van der Waals surface area contributed by atoms with Crippen molar-refractivity contribution < 1.29 is 4.79 Å². The van der Waals surface area contributed by atoms with E-state index in [1.165, 1.54) is 0 Å². The van der Waals surface area contributed by atoms with Gasteiger partial charge in [0.25, 0.3) is 0 Å². The van der Waals surface area contributed by atoms with Gasteiger partial charge in [-0.1, -0.05) is 20.3 Å². The number of nitrogens with two attached hydrogens (primary N) is 1. The maximum Gasteiger partial charge on any atom is 0.317 e. The van der Waals surface area contributed by atoms with Gasteiger partial charge in [0, 0.05) is 25.7 Å². The average molecular weight is 213 g/mol. The van der Waals surface area contributed by atoms with E-state index in [0.717, 1.165) is 32.4 Å².